The van der Waals surface area contributed by atoms with Crippen LogP contribution in [0.15, 0.2) is 60.7 Å². The Hall–Kier alpha value is -1.89. The summed E-state index contributed by atoms with van der Waals surface area (Å²) in [6.45, 7) is 8.34. The van der Waals surface area contributed by atoms with Gasteiger partial charge in [-0.3, -0.25) is 4.79 Å². The highest BCUT2D eigenvalue weighted by atomic mass is 16.1. The molecule has 1 fully saturated rings. The zero-order valence-electron chi connectivity index (χ0n) is 13.2. The fraction of sp³-hybridized carbons (Fsp3) is 0.350. The van der Waals surface area contributed by atoms with Gasteiger partial charge in [-0.05, 0) is 11.1 Å². The van der Waals surface area contributed by atoms with Crippen molar-refractivity contribution in [3.8, 4) is 0 Å². The Balaban J connectivity index is 2.35. The molecular weight excluding hydrogens is 256 g/mol. The third kappa shape index (κ3) is 1.49. The maximum atomic E-state index is 12.8. The van der Waals surface area contributed by atoms with Crippen LogP contribution in [0.4, 0.5) is 0 Å². The third-order valence-corrected chi connectivity index (χ3v) is 5.42. The molecule has 0 aromatic heterocycles. The van der Waals surface area contributed by atoms with E-state index >= 15 is 0 Å². The molecule has 3 rings (SSSR count). The van der Waals surface area contributed by atoms with Crippen LogP contribution >= 0.6 is 0 Å². The molecule has 1 heteroatoms. The van der Waals surface area contributed by atoms with Gasteiger partial charge in [-0.1, -0.05) is 88.4 Å². The van der Waals surface area contributed by atoms with Crippen LogP contribution in [0, 0.1) is 10.8 Å². The predicted molar refractivity (Wildman–Crippen MR) is 86.2 cm³/mol. The van der Waals surface area contributed by atoms with Crippen LogP contribution < -0.4 is 0 Å². The van der Waals surface area contributed by atoms with Crippen LogP contribution in [0.3, 0.4) is 0 Å². The van der Waals surface area contributed by atoms with E-state index in [0.717, 1.165) is 0 Å². The average Bonchev–Trinajstić information content (AvgIpc) is 2.48. The number of hydrogen-bond donors (Lipinski definition) is 0. The van der Waals surface area contributed by atoms with Crippen LogP contribution in [-0.2, 0) is 10.2 Å². The number of benzene rings is 2. The van der Waals surface area contributed by atoms with Crippen molar-refractivity contribution in [3.05, 3.63) is 71.8 Å². The monoisotopic (exact) mass is 278 g/mol. The van der Waals surface area contributed by atoms with Gasteiger partial charge in [0.05, 0.1) is 0 Å². The van der Waals surface area contributed by atoms with Crippen molar-refractivity contribution in [3.63, 3.8) is 0 Å². The van der Waals surface area contributed by atoms with Crippen LogP contribution in [0.5, 0.6) is 0 Å². The highest BCUT2D eigenvalue weighted by molar-refractivity contribution is 6.02. The highest BCUT2D eigenvalue weighted by Gasteiger charge is 2.73. The van der Waals surface area contributed by atoms with Crippen LogP contribution in [0.2, 0.25) is 0 Å². The second kappa shape index (κ2) is 4.30. The maximum Gasteiger partial charge on any atom is 0.146 e. The maximum absolute atomic E-state index is 12.8. The van der Waals surface area contributed by atoms with Crippen molar-refractivity contribution >= 4 is 5.78 Å². The molecule has 0 unspecified atom stereocenters. The van der Waals surface area contributed by atoms with Gasteiger partial charge >= 0.3 is 0 Å². The minimum Gasteiger partial charge on any atom is -0.298 e. The van der Waals surface area contributed by atoms with Crippen LogP contribution in [0.1, 0.15) is 38.8 Å². The Morgan fingerprint density at radius 3 is 1.29 bits per heavy atom. The minimum atomic E-state index is -0.404. The molecule has 0 bridgehead atoms. The lowest BCUT2D eigenvalue weighted by Gasteiger charge is -2.66. The summed E-state index contributed by atoms with van der Waals surface area (Å²) in [5.41, 5.74) is 1.37. The number of carbonyl (C=O) groups is 1. The lowest BCUT2D eigenvalue weighted by atomic mass is 9.34. The number of ketones is 1. The van der Waals surface area contributed by atoms with E-state index in [1.54, 1.807) is 0 Å². The summed E-state index contributed by atoms with van der Waals surface area (Å²) >= 11 is 0. The largest absolute Gasteiger partial charge is 0.298 e. The summed E-state index contributed by atoms with van der Waals surface area (Å²) in [5, 5.41) is 0. The summed E-state index contributed by atoms with van der Waals surface area (Å²) in [5.74, 6) is 0.336. The Morgan fingerprint density at radius 2 is 0.952 bits per heavy atom. The van der Waals surface area contributed by atoms with Gasteiger partial charge in [0.25, 0.3) is 0 Å². The molecule has 21 heavy (non-hydrogen) atoms. The normalized spacial score (nSPS) is 21.6. The lowest BCUT2D eigenvalue weighted by Crippen LogP contribution is -2.72. The van der Waals surface area contributed by atoms with E-state index in [0.29, 0.717) is 5.78 Å². The standard InChI is InChI=1S/C20H22O/c1-18(2)17(21)19(3,4)20(18,15-11-7-5-8-12-15)16-13-9-6-10-14-16/h5-14H,1-4H3. The first kappa shape index (κ1) is 14.1. The van der Waals surface area contributed by atoms with Crippen LogP contribution in [-0.4, -0.2) is 5.78 Å². The van der Waals surface area contributed by atoms with Gasteiger partial charge in [-0.15, -0.1) is 0 Å². The molecule has 1 nitrogen and oxygen atoms in total. The van der Waals surface area contributed by atoms with Crippen molar-refractivity contribution in [1.29, 1.82) is 0 Å². The molecule has 1 aliphatic rings. The molecule has 0 aliphatic heterocycles. The first-order valence-electron chi connectivity index (χ1n) is 7.53. The number of rotatable bonds is 2. The second-order valence-corrected chi connectivity index (χ2v) is 7.06. The molecule has 1 saturated carbocycles. The molecule has 0 atom stereocenters. The Morgan fingerprint density at radius 1 is 0.619 bits per heavy atom. The van der Waals surface area contributed by atoms with Gasteiger partial charge in [-0.2, -0.15) is 0 Å². The van der Waals surface area contributed by atoms with E-state index in [-0.39, 0.29) is 5.41 Å². The lowest BCUT2D eigenvalue weighted by molar-refractivity contribution is -0.167. The highest BCUT2D eigenvalue weighted by Crippen LogP contribution is 2.68. The molecule has 1 aliphatic carbocycles. The number of Topliss-reactive ketones (excluding diaryl/α,β-unsaturated/α-hetero) is 1. The van der Waals surface area contributed by atoms with Crippen LogP contribution in [0.25, 0.3) is 0 Å². The zero-order chi connectivity index (χ0) is 15.3. The fourth-order valence-electron chi connectivity index (χ4n) is 4.83. The third-order valence-electron chi connectivity index (χ3n) is 5.42. The molecule has 0 radical (unpaired) electrons. The molecule has 0 saturated heterocycles. The summed E-state index contributed by atoms with van der Waals surface area (Å²) < 4.78 is 0. The minimum absolute atomic E-state index is 0.278. The summed E-state index contributed by atoms with van der Waals surface area (Å²) in [6, 6.07) is 20.9. The molecule has 2 aromatic carbocycles. The topological polar surface area (TPSA) is 17.1 Å². The molecule has 0 heterocycles. The number of hydrogen-bond acceptors (Lipinski definition) is 1. The van der Waals surface area contributed by atoms with E-state index in [2.05, 4.69) is 76.2 Å². The van der Waals surface area contributed by atoms with Crippen molar-refractivity contribution in [2.45, 2.75) is 33.1 Å². The molecule has 108 valence electrons. The van der Waals surface area contributed by atoms with Crippen molar-refractivity contribution in [2.75, 3.05) is 0 Å². The van der Waals surface area contributed by atoms with E-state index in [9.17, 15) is 4.79 Å². The SMILES string of the molecule is CC1(C)C(=O)C(C)(C)C1(c1ccccc1)c1ccccc1. The fourth-order valence-corrected chi connectivity index (χ4v) is 4.83. The van der Waals surface area contributed by atoms with Gasteiger partial charge in [0.2, 0.25) is 0 Å². The summed E-state index contributed by atoms with van der Waals surface area (Å²) in [6.07, 6.45) is 0. The zero-order valence-corrected chi connectivity index (χ0v) is 13.2. The van der Waals surface area contributed by atoms with E-state index in [1.807, 2.05) is 12.1 Å². The van der Waals surface area contributed by atoms with Gasteiger partial charge in [0, 0.05) is 16.2 Å². The number of carbonyl (C=O) groups excluding carboxylic acids is 1. The van der Waals surface area contributed by atoms with Crippen molar-refractivity contribution in [1.82, 2.24) is 0 Å². The van der Waals surface area contributed by atoms with Gasteiger partial charge in [-0.25, -0.2) is 0 Å². The van der Waals surface area contributed by atoms with E-state index in [1.165, 1.54) is 11.1 Å². The first-order valence-corrected chi connectivity index (χ1v) is 7.53. The predicted octanol–water partition coefficient (Wildman–Crippen LogP) is 4.61. The molecule has 0 N–H and O–H groups in total. The molecule has 0 spiro atoms. The van der Waals surface area contributed by atoms with E-state index < -0.39 is 10.8 Å². The molecule has 0 amide bonds. The Labute approximate surface area is 127 Å². The Kier molecular flexibility index (Phi) is 2.88. The van der Waals surface area contributed by atoms with Crippen molar-refractivity contribution < 1.29 is 4.79 Å². The van der Waals surface area contributed by atoms with Crippen molar-refractivity contribution in [2.24, 2.45) is 10.8 Å². The van der Waals surface area contributed by atoms with E-state index in [4.69, 9.17) is 0 Å². The summed E-state index contributed by atoms with van der Waals surface area (Å²) in [4.78, 5) is 12.8. The molecule has 2 aromatic rings. The van der Waals surface area contributed by atoms with Gasteiger partial charge in [0.15, 0.2) is 0 Å². The van der Waals surface area contributed by atoms with Gasteiger partial charge in [0.1, 0.15) is 5.78 Å². The average molecular weight is 278 g/mol. The second-order valence-electron chi connectivity index (χ2n) is 7.06. The smallest absolute Gasteiger partial charge is 0.146 e. The Bertz CT molecular complexity index is 606. The quantitative estimate of drug-likeness (QED) is 0.784. The summed E-state index contributed by atoms with van der Waals surface area (Å²) in [7, 11) is 0. The first-order chi connectivity index (χ1) is 9.87. The van der Waals surface area contributed by atoms with Gasteiger partial charge < -0.3 is 0 Å². The molecular formula is C20H22O.